The standard InChI is InChI=1S/C20H37N5O2/c1-14(2)18-24-16(27-25-18)10-7-11-22-19(21-6)23-13-15-9-8-12-26-17(15)20(3,4)5/h14-15,17H,7-13H2,1-6H3,(H2,21,22,23). The average Bonchev–Trinajstić information content (AvgIpc) is 3.10. The molecule has 1 aromatic heterocycles. The smallest absolute Gasteiger partial charge is 0.226 e. The Kier molecular flexibility index (Phi) is 8.07. The van der Waals surface area contributed by atoms with E-state index in [9.17, 15) is 0 Å². The minimum absolute atomic E-state index is 0.155. The Balaban J connectivity index is 1.72. The first-order valence-electron chi connectivity index (χ1n) is 10.2. The molecule has 0 saturated carbocycles. The molecule has 0 spiro atoms. The van der Waals surface area contributed by atoms with Crippen LogP contribution in [0.1, 0.15) is 71.5 Å². The second kappa shape index (κ2) is 10.1. The Hall–Kier alpha value is -1.63. The molecular weight excluding hydrogens is 342 g/mol. The lowest BCUT2D eigenvalue weighted by Gasteiger charge is -2.40. The highest BCUT2D eigenvalue weighted by atomic mass is 16.5. The van der Waals surface area contributed by atoms with Gasteiger partial charge in [-0.3, -0.25) is 4.99 Å². The fourth-order valence-corrected chi connectivity index (χ4v) is 3.51. The average molecular weight is 380 g/mol. The van der Waals surface area contributed by atoms with Crippen LogP contribution in [0.4, 0.5) is 0 Å². The maximum absolute atomic E-state index is 6.06. The van der Waals surface area contributed by atoms with Crippen molar-refractivity contribution in [2.45, 2.75) is 72.3 Å². The summed E-state index contributed by atoms with van der Waals surface area (Å²) in [5.74, 6) is 3.12. The number of rotatable bonds is 7. The molecule has 1 aromatic rings. The number of hydrogen-bond donors (Lipinski definition) is 2. The van der Waals surface area contributed by atoms with E-state index in [1.807, 2.05) is 0 Å². The Morgan fingerprint density at radius 2 is 2.07 bits per heavy atom. The summed E-state index contributed by atoms with van der Waals surface area (Å²) in [4.78, 5) is 8.74. The first-order chi connectivity index (χ1) is 12.8. The van der Waals surface area contributed by atoms with Crippen LogP contribution in [-0.2, 0) is 11.2 Å². The van der Waals surface area contributed by atoms with Crippen molar-refractivity contribution < 1.29 is 9.26 Å². The molecule has 1 aliphatic rings. The van der Waals surface area contributed by atoms with Crippen LogP contribution < -0.4 is 10.6 Å². The van der Waals surface area contributed by atoms with Gasteiger partial charge in [0.2, 0.25) is 5.89 Å². The van der Waals surface area contributed by atoms with Gasteiger partial charge in [-0.2, -0.15) is 4.98 Å². The maximum atomic E-state index is 6.06. The summed E-state index contributed by atoms with van der Waals surface area (Å²) < 4.78 is 11.3. The van der Waals surface area contributed by atoms with E-state index in [0.717, 1.165) is 50.7 Å². The first-order valence-corrected chi connectivity index (χ1v) is 10.2. The van der Waals surface area contributed by atoms with Crippen molar-refractivity contribution in [3.05, 3.63) is 11.7 Å². The molecule has 0 aliphatic carbocycles. The zero-order valence-electron chi connectivity index (χ0n) is 17.8. The topological polar surface area (TPSA) is 84.6 Å². The van der Waals surface area contributed by atoms with Gasteiger partial charge in [0, 0.05) is 45.0 Å². The molecular formula is C20H37N5O2. The molecule has 2 rings (SSSR count). The van der Waals surface area contributed by atoms with Crippen molar-refractivity contribution in [1.82, 2.24) is 20.8 Å². The Bertz CT molecular complexity index is 591. The molecule has 2 heterocycles. The summed E-state index contributed by atoms with van der Waals surface area (Å²) in [5, 5.41) is 10.8. The number of ether oxygens (including phenoxy) is 1. The van der Waals surface area contributed by atoms with E-state index in [-0.39, 0.29) is 11.5 Å². The fourth-order valence-electron chi connectivity index (χ4n) is 3.51. The molecule has 0 radical (unpaired) electrons. The van der Waals surface area contributed by atoms with Gasteiger partial charge in [0.05, 0.1) is 6.10 Å². The van der Waals surface area contributed by atoms with Gasteiger partial charge in [0.25, 0.3) is 0 Å². The molecule has 0 amide bonds. The van der Waals surface area contributed by atoms with E-state index in [0.29, 0.717) is 17.7 Å². The molecule has 2 unspecified atom stereocenters. The van der Waals surface area contributed by atoms with Crippen molar-refractivity contribution in [2.24, 2.45) is 16.3 Å². The molecule has 2 atom stereocenters. The molecule has 0 aromatic carbocycles. The number of aryl methyl sites for hydroxylation is 1. The summed E-state index contributed by atoms with van der Waals surface area (Å²) in [6.07, 6.45) is 4.29. The lowest BCUT2D eigenvalue weighted by Crippen LogP contribution is -2.47. The number of guanidine groups is 1. The third-order valence-corrected chi connectivity index (χ3v) is 4.91. The number of nitrogens with one attached hydrogen (secondary N) is 2. The summed E-state index contributed by atoms with van der Waals surface area (Å²) in [7, 11) is 1.81. The largest absolute Gasteiger partial charge is 0.377 e. The van der Waals surface area contributed by atoms with Gasteiger partial charge >= 0.3 is 0 Å². The van der Waals surface area contributed by atoms with Gasteiger partial charge in [0.1, 0.15) is 0 Å². The van der Waals surface area contributed by atoms with E-state index in [1.165, 1.54) is 6.42 Å². The van der Waals surface area contributed by atoms with E-state index in [2.05, 4.69) is 60.4 Å². The van der Waals surface area contributed by atoms with Gasteiger partial charge in [-0.05, 0) is 24.7 Å². The quantitative estimate of drug-likeness (QED) is 0.430. The van der Waals surface area contributed by atoms with E-state index in [4.69, 9.17) is 9.26 Å². The van der Waals surface area contributed by atoms with E-state index in [1.54, 1.807) is 7.05 Å². The van der Waals surface area contributed by atoms with E-state index >= 15 is 0 Å². The van der Waals surface area contributed by atoms with E-state index < -0.39 is 0 Å². The minimum atomic E-state index is 0.155. The third-order valence-electron chi connectivity index (χ3n) is 4.91. The van der Waals surface area contributed by atoms with Crippen LogP contribution in [0.25, 0.3) is 0 Å². The normalized spacial score (nSPS) is 21.5. The molecule has 1 aliphatic heterocycles. The molecule has 7 nitrogen and oxygen atoms in total. The van der Waals surface area contributed by atoms with Gasteiger partial charge in [-0.1, -0.05) is 39.8 Å². The van der Waals surface area contributed by atoms with Crippen LogP contribution in [0.3, 0.4) is 0 Å². The minimum Gasteiger partial charge on any atom is -0.377 e. The lowest BCUT2D eigenvalue weighted by atomic mass is 9.78. The highest BCUT2D eigenvalue weighted by Crippen LogP contribution is 2.33. The molecule has 7 heteroatoms. The second-order valence-corrected chi connectivity index (χ2v) is 8.74. The SMILES string of the molecule is CN=C(NCCCc1nc(C(C)C)no1)NCC1CCCOC1C(C)(C)C. The molecule has 1 saturated heterocycles. The monoisotopic (exact) mass is 379 g/mol. The van der Waals surface area contributed by atoms with Gasteiger partial charge in [0.15, 0.2) is 11.8 Å². The van der Waals surface area contributed by atoms with Gasteiger partial charge in [-0.25, -0.2) is 0 Å². The Morgan fingerprint density at radius 3 is 2.70 bits per heavy atom. The van der Waals surface area contributed by atoms with Crippen LogP contribution in [0.5, 0.6) is 0 Å². The number of aromatic nitrogens is 2. The predicted octanol–water partition coefficient (Wildman–Crippen LogP) is 3.13. The van der Waals surface area contributed by atoms with Crippen molar-refractivity contribution in [2.75, 3.05) is 26.7 Å². The summed E-state index contributed by atoms with van der Waals surface area (Å²) in [6.45, 7) is 13.5. The van der Waals surface area contributed by atoms with Crippen LogP contribution in [0, 0.1) is 11.3 Å². The van der Waals surface area contributed by atoms with Crippen molar-refractivity contribution in [1.29, 1.82) is 0 Å². The van der Waals surface area contributed by atoms with Crippen LogP contribution in [0.2, 0.25) is 0 Å². The number of hydrogen-bond acceptors (Lipinski definition) is 5. The van der Waals surface area contributed by atoms with Crippen molar-refractivity contribution in [3.63, 3.8) is 0 Å². The zero-order valence-corrected chi connectivity index (χ0v) is 17.8. The molecule has 0 bridgehead atoms. The van der Waals surface area contributed by atoms with Crippen LogP contribution in [-0.4, -0.2) is 48.9 Å². The van der Waals surface area contributed by atoms with Crippen LogP contribution in [0.15, 0.2) is 9.52 Å². The highest BCUT2D eigenvalue weighted by molar-refractivity contribution is 5.79. The summed E-state index contributed by atoms with van der Waals surface area (Å²) >= 11 is 0. The number of aliphatic imine (C=N–C) groups is 1. The molecule has 27 heavy (non-hydrogen) atoms. The fraction of sp³-hybridized carbons (Fsp3) is 0.850. The van der Waals surface area contributed by atoms with Crippen LogP contribution >= 0.6 is 0 Å². The maximum Gasteiger partial charge on any atom is 0.226 e. The zero-order chi connectivity index (χ0) is 19.9. The first kappa shape index (κ1) is 21.7. The molecule has 1 fully saturated rings. The molecule has 2 N–H and O–H groups in total. The Labute approximate surface area is 163 Å². The summed E-state index contributed by atoms with van der Waals surface area (Å²) in [5.41, 5.74) is 0.155. The Morgan fingerprint density at radius 1 is 1.30 bits per heavy atom. The van der Waals surface area contributed by atoms with Gasteiger partial charge < -0.3 is 19.9 Å². The summed E-state index contributed by atoms with van der Waals surface area (Å²) in [6, 6.07) is 0. The van der Waals surface area contributed by atoms with Crippen molar-refractivity contribution >= 4 is 5.96 Å². The van der Waals surface area contributed by atoms with Gasteiger partial charge in [-0.15, -0.1) is 0 Å². The highest BCUT2D eigenvalue weighted by Gasteiger charge is 2.35. The molecule has 154 valence electrons. The number of nitrogens with zero attached hydrogens (tertiary/aromatic N) is 3. The lowest BCUT2D eigenvalue weighted by molar-refractivity contribution is -0.0835. The predicted molar refractivity (Wildman–Crippen MR) is 108 cm³/mol. The third kappa shape index (κ3) is 6.79. The van der Waals surface area contributed by atoms with Crippen molar-refractivity contribution in [3.8, 4) is 0 Å². The second-order valence-electron chi connectivity index (χ2n) is 8.74.